The van der Waals surface area contributed by atoms with Gasteiger partial charge in [-0.3, -0.25) is 14.5 Å². The van der Waals surface area contributed by atoms with E-state index in [0.717, 1.165) is 24.5 Å². The van der Waals surface area contributed by atoms with E-state index in [2.05, 4.69) is 41.4 Å². The van der Waals surface area contributed by atoms with Gasteiger partial charge in [-0.05, 0) is 42.3 Å². The van der Waals surface area contributed by atoms with E-state index in [1.54, 1.807) is 12.3 Å². The van der Waals surface area contributed by atoms with Gasteiger partial charge in [0.05, 0.1) is 24.1 Å². The van der Waals surface area contributed by atoms with Crippen molar-refractivity contribution >= 4 is 23.6 Å². The van der Waals surface area contributed by atoms with Crippen LogP contribution >= 0.6 is 11.8 Å². The Morgan fingerprint density at radius 3 is 2.48 bits per heavy atom. The monoisotopic (exact) mass is 463 g/mol. The smallest absolute Gasteiger partial charge is 0.255 e. The SMILES string of the molecule is Cc1ccccc1CN1CCN(C(=O)c2ccccc2SCC(=O)NCc2ccco2)CC1. The van der Waals surface area contributed by atoms with E-state index in [4.69, 9.17) is 4.42 Å². The summed E-state index contributed by atoms with van der Waals surface area (Å²) in [7, 11) is 0. The van der Waals surface area contributed by atoms with Gasteiger partial charge in [-0.25, -0.2) is 0 Å². The predicted molar refractivity (Wildman–Crippen MR) is 130 cm³/mol. The van der Waals surface area contributed by atoms with Gasteiger partial charge >= 0.3 is 0 Å². The number of hydrogen-bond acceptors (Lipinski definition) is 5. The number of nitrogens with one attached hydrogen (secondary N) is 1. The van der Waals surface area contributed by atoms with Gasteiger partial charge < -0.3 is 14.6 Å². The molecular weight excluding hydrogens is 434 g/mol. The minimum Gasteiger partial charge on any atom is -0.467 e. The van der Waals surface area contributed by atoms with Crippen LogP contribution in [0.25, 0.3) is 0 Å². The summed E-state index contributed by atoms with van der Waals surface area (Å²) in [6.45, 7) is 6.52. The Labute approximate surface area is 198 Å². The quantitative estimate of drug-likeness (QED) is 0.513. The second-order valence-electron chi connectivity index (χ2n) is 8.14. The molecule has 0 unspecified atom stereocenters. The molecule has 172 valence electrons. The van der Waals surface area contributed by atoms with Gasteiger partial charge in [0.25, 0.3) is 5.91 Å². The van der Waals surface area contributed by atoms with Crippen LogP contribution in [-0.4, -0.2) is 53.5 Å². The molecule has 33 heavy (non-hydrogen) atoms. The lowest BCUT2D eigenvalue weighted by Gasteiger charge is -2.35. The van der Waals surface area contributed by atoms with Crippen LogP contribution in [0.15, 0.2) is 76.2 Å². The van der Waals surface area contributed by atoms with Gasteiger partial charge in [0.2, 0.25) is 5.91 Å². The Morgan fingerprint density at radius 1 is 0.970 bits per heavy atom. The van der Waals surface area contributed by atoms with Crippen molar-refractivity contribution in [2.24, 2.45) is 0 Å². The van der Waals surface area contributed by atoms with Crippen molar-refractivity contribution in [1.82, 2.24) is 15.1 Å². The number of hydrogen-bond donors (Lipinski definition) is 1. The van der Waals surface area contributed by atoms with Crippen LogP contribution in [0.4, 0.5) is 0 Å². The standard InChI is InChI=1S/C26H29N3O3S/c1-20-7-2-3-8-21(20)18-28-12-14-29(15-13-28)26(31)23-10-4-5-11-24(23)33-19-25(30)27-17-22-9-6-16-32-22/h2-11,16H,12-15,17-19H2,1H3,(H,27,30). The van der Waals surface area contributed by atoms with Crippen LogP contribution in [0.2, 0.25) is 0 Å². The number of nitrogens with zero attached hydrogens (tertiary/aromatic N) is 2. The fraction of sp³-hybridized carbons (Fsp3) is 0.308. The van der Waals surface area contributed by atoms with Crippen LogP contribution in [0, 0.1) is 6.92 Å². The molecule has 4 rings (SSSR count). The molecule has 0 spiro atoms. The Hall–Kier alpha value is -3.03. The number of carbonyl (C=O) groups excluding carboxylic acids is 2. The first-order chi connectivity index (χ1) is 16.1. The first-order valence-corrected chi connectivity index (χ1v) is 12.2. The summed E-state index contributed by atoms with van der Waals surface area (Å²) < 4.78 is 5.24. The van der Waals surface area contributed by atoms with Crippen LogP contribution in [0.3, 0.4) is 0 Å². The third kappa shape index (κ3) is 6.27. The van der Waals surface area contributed by atoms with Crippen molar-refractivity contribution in [1.29, 1.82) is 0 Å². The lowest BCUT2D eigenvalue weighted by Crippen LogP contribution is -2.48. The molecule has 0 bridgehead atoms. The molecule has 2 heterocycles. The minimum absolute atomic E-state index is 0.0321. The molecule has 1 saturated heterocycles. The summed E-state index contributed by atoms with van der Waals surface area (Å²) in [5, 5.41) is 2.84. The maximum atomic E-state index is 13.2. The lowest BCUT2D eigenvalue weighted by atomic mass is 10.1. The Morgan fingerprint density at radius 2 is 1.73 bits per heavy atom. The molecule has 0 saturated carbocycles. The van der Waals surface area contributed by atoms with Crippen molar-refractivity contribution in [3.05, 3.63) is 89.4 Å². The number of thioether (sulfide) groups is 1. The molecule has 2 amide bonds. The highest BCUT2D eigenvalue weighted by Crippen LogP contribution is 2.24. The molecule has 0 aliphatic carbocycles. The van der Waals surface area contributed by atoms with E-state index >= 15 is 0 Å². The summed E-state index contributed by atoms with van der Waals surface area (Å²) in [6.07, 6.45) is 1.58. The summed E-state index contributed by atoms with van der Waals surface area (Å²) in [5.74, 6) is 0.897. The first kappa shape index (κ1) is 23.1. The molecular formula is C26H29N3O3S. The largest absolute Gasteiger partial charge is 0.467 e. The zero-order chi connectivity index (χ0) is 23.0. The number of rotatable bonds is 8. The first-order valence-electron chi connectivity index (χ1n) is 11.2. The number of carbonyl (C=O) groups is 2. The maximum Gasteiger partial charge on any atom is 0.255 e. The molecule has 6 nitrogen and oxygen atoms in total. The fourth-order valence-corrected chi connectivity index (χ4v) is 4.74. The normalized spacial score (nSPS) is 14.3. The van der Waals surface area contributed by atoms with Crippen LogP contribution < -0.4 is 5.32 Å². The molecule has 1 aromatic heterocycles. The highest BCUT2D eigenvalue weighted by molar-refractivity contribution is 8.00. The van der Waals surface area contributed by atoms with E-state index in [-0.39, 0.29) is 17.6 Å². The van der Waals surface area contributed by atoms with Gasteiger partial charge in [-0.15, -0.1) is 11.8 Å². The van der Waals surface area contributed by atoms with E-state index in [9.17, 15) is 9.59 Å². The summed E-state index contributed by atoms with van der Waals surface area (Å²) in [4.78, 5) is 30.6. The molecule has 2 aromatic carbocycles. The molecule has 1 fully saturated rings. The molecule has 0 atom stereocenters. The second kappa shape index (κ2) is 11.2. The molecule has 1 aliphatic rings. The molecule has 7 heteroatoms. The van der Waals surface area contributed by atoms with Crippen molar-refractivity contribution < 1.29 is 14.0 Å². The van der Waals surface area contributed by atoms with Gasteiger partial charge in [0.15, 0.2) is 0 Å². The Kier molecular flexibility index (Phi) is 7.86. The molecule has 3 aromatic rings. The summed E-state index contributed by atoms with van der Waals surface area (Å²) in [6, 6.07) is 19.6. The van der Waals surface area contributed by atoms with Gasteiger partial charge in [0.1, 0.15) is 5.76 Å². The summed E-state index contributed by atoms with van der Waals surface area (Å²) >= 11 is 1.39. The number of aryl methyl sites for hydroxylation is 1. The Balaban J connectivity index is 1.29. The van der Waals surface area contributed by atoms with Crippen molar-refractivity contribution in [3.8, 4) is 0 Å². The highest BCUT2D eigenvalue weighted by Gasteiger charge is 2.24. The van der Waals surface area contributed by atoms with Crippen molar-refractivity contribution in [2.75, 3.05) is 31.9 Å². The molecule has 1 aliphatic heterocycles. The number of piperazine rings is 1. The fourth-order valence-electron chi connectivity index (χ4n) is 3.87. The van der Waals surface area contributed by atoms with Gasteiger partial charge in [-0.2, -0.15) is 0 Å². The molecule has 1 N–H and O–H groups in total. The minimum atomic E-state index is -0.0940. The van der Waals surface area contributed by atoms with E-state index in [1.807, 2.05) is 35.2 Å². The maximum absolute atomic E-state index is 13.2. The zero-order valence-electron chi connectivity index (χ0n) is 18.8. The molecule has 0 radical (unpaired) electrons. The lowest BCUT2D eigenvalue weighted by molar-refractivity contribution is -0.118. The average molecular weight is 464 g/mol. The van der Waals surface area contributed by atoms with Gasteiger partial charge in [0, 0.05) is 37.6 Å². The number of amides is 2. The summed E-state index contributed by atoms with van der Waals surface area (Å²) in [5.41, 5.74) is 3.30. The van der Waals surface area contributed by atoms with Crippen molar-refractivity contribution in [2.45, 2.75) is 24.9 Å². The zero-order valence-corrected chi connectivity index (χ0v) is 19.6. The van der Waals surface area contributed by atoms with E-state index in [1.165, 1.54) is 22.9 Å². The van der Waals surface area contributed by atoms with E-state index < -0.39 is 0 Å². The topological polar surface area (TPSA) is 65.8 Å². The highest BCUT2D eigenvalue weighted by atomic mass is 32.2. The van der Waals surface area contributed by atoms with E-state index in [0.29, 0.717) is 31.0 Å². The number of benzene rings is 2. The van der Waals surface area contributed by atoms with Crippen molar-refractivity contribution in [3.63, 3.8) is 0 Å². The second-order valence-corrected chi connectivity index (χ2v) is 9.15. The third-order valence-corrected chi connectivity index (χ3v) is 6.90. The average Bonchev–Trinajstić information content (AvgIpc) is 3.37. The van der Waals surface area contributed by atoms with Crippen LogP contribution in [0.5, 0.6) is 0 Å². The third-order valence-electron chi connectivity index (χ3n) is 5.83. The van der Waals surface area contributed by atoms with Gasteiger partial charge in [-0.1, -0.05) is 36.4 Å². The van der Waals surface area contributed by atoms with Crippen LogP contribution in [0.1, 0.15) is 27.2 Å². The predicted octanol–water partition coefficient (Wildman–Crippen LogP) is 3.95. The van der Waals surface area contributed by atoms with Crippen LogP contribution in [-0.2, 0) is 17.9 Å². The number of furan rings is 1. The Bertz CT molecular complexity index is 1080.